The van der Waals surface area contributed by atoms with Crippen LogP contribution in [0.4, 0.5) is 14.9 Å². The zero-order chi connectivity index (χ0) is 23.0. The number of anilines is 1. The maximum absolute atomic E-state index is 13.9. The number of amides is 2. The van der Waals surface area contributed by atoms with E-state index in [0.717, 1.165) is 11.1 Å². The lowest BCUT2D eigenvalue weighted by atomic mass is 9.92. The van der Waals surface area contributed by atoms with Gasteiger partial charge in [-0.15, -0.1) is 0 Å². The molecule has 1 saturated heterocycles. The Morgan fingerprint density at radius 3 is 2.06 bits per heavy atom. The Hall–Kier alpha value is -3.87. The molecule has 7 nitrogen and oxygen atoms in total. The van der Waals surface area contributed by atoms with Gasteiger partial charge in [0.25, 0.3) is 0 Å². The fourth-order valence-electron chi connectivity index (χ4n) is 4.22. The fraction of sp³-hybridized carbons (Fsp3) is 0.240. The van der Waals surface area contributed by atoms with Crippen molar-refractivity contribution in [3.8, 4) is 0 Å². The average Bonchev–Trinajstić information content (AvgIpc) is 2.87. The van der Waals surface area contributed by atoms with Crippen molar-refractivity contribution in [2.45, 2.75) is 12.1 Å². The maximum Gasteiger partial charge on any atom is 0.322 e. The molecule has 0 saturated carbocycles. The van der Waals surface area contributed by atoms with Crippen LogP contribution in [0.2, 0.25) is 0 Å². The Balaban J connectivity index is 1.53. The SMILES string of the molecule is [N-]=[N+]=N[C@@H](c1ccccc1)[C@@H](c1ccccc1)N1CCN(C(=O)Nc2ccccc2F)CC1. The van der Waals surface area contributed by atoms with Gasteiger partial charge in [-0.1, -0.05) is 77.9 Å². The van der Waals surface area contributed by atoms with Gasteiger partial charge in [0, 0.05) is 37.1 Å². The molecule has 1 N–H and O–H groups in total. The maximum atomic E-state index is 13.9. The van der Waals surface area contributed by atoms with Crippen LogP contribution in [0.1, 0.15) is 23.2 Å². The summed E-state index contributed by atoms with van der Waals surface area (Å²) in [6.07, 6.45) is 0. The first-order chi connectivity index (χ1) is 16.2. The molecule has 4 rings (SSSR count). The number of hydrogen-bond donors (Lipinski definition) is 1. The molecule has 2 atom stereocenters. The molecule has 0 radical (unpaired) electrons. The first-order valence-corrected chi connectivity index (χ1v) is 10.9. The van der Waals surface area contributed by atoms with Crippen molar-refractivity contribution in [1.82, 2.24) is 9.80 Å². The van der Waals surface area contributed by atoms with Crippen LogP contribution in [0.25, 0.3) is 10.4 Å². The predicted molar refractivity (Wildman–Crippen MR) is 126 cm³/mol. The summed E-state index contributed by atoms with van der Waals surface area (Å²) in [6.45, 7) is 2.13. The summed E-state index contributed by atoms with van der Waals surface area (Å²) in [5.74, 6) is -0.464. The van der Waals surface area contributed by atoms with Gasteiger partial charge >= 0.3 is 6.03 Å². The van der Waals surface area contributed by atoms with Crippen LogP contribution in [0.5, 0.6) is 0 Å². The van der Waals surface area contributed by atoms with Crippen LogP contribution in [0.15, 0.2) is 90.0 Å². The molecule has 168 valence electrons. The number of carbonyl (C=O) groups excluding carboxylic acids is 1. The van der Waals surface area contributed by atoms with Gasteiger partial charge in [0.2, 0.25) is 0 Å². The summed E-state index contributed by atoms with van der Waals surface area (Å²) in [6, 6.07) is 24.9. The topological polar surface area (TPSA) is 84.3 Å². The van der Waals surface area contributed by atoms with Gasteiger partial charge in [-0.05, 0) is 28.8 Å². The van der Waals surface area contributed by atoms with E-state index < -0.39 is 11.9 Å². The second kappa shape index (κ2) is 10.6. The van der Waals surface area contributed by atoms with Crippen LogP contribution in [0, 0.1) is 5.82 Å². The third kappa shape index (κ3) is 5.31. The van der Waals surface area contributed by atoms with Crippen molar-refractivity contribution in [2.24, 2.45) is 5.11 Å². The number of hydrogen-bond acceptors (Lipinski definition) is 3. The highest BCUT2D eigenvalue weighted by molar-refractivity contribution is 5.89. The number of rotatable bonds is 6. The second-order valence-electron chi connectivity index (χ2n) is 7.85. The molecule has 1 heterocycles. The molecule has 0 unspecified atom stereocenters. The number of nitrogens with one attached hydrogen (secondary N) is 1. The van der Waals surface area contributed by atoms with E-state index in [2.05, 4.69) is 20.2 Å². The van der Waals surface area contributed by atoms with Crippen LogP contribution < -0.4 is 5.32 Å². The zero-order valence-electron chi connectivity index (χ0n) is 18.1. The number of halogens is 1. The summed E-state index contributed by atoms with van der Waals surface area (Å²) < 4.78 is 13.9. The van der Waals surface area contributed by atoms with E-state index in [4.69, 9.17) is 0 Å². The van der Waals surface area contributed by atoms with Crippen molar-refractivity contribution >= 4 is 11.7 Å². The van der Waals surface area contributed by atoms with Gasteiger partial charge < -0.3 is 10.2 Å². The zero-order valence-corrected chi connectivity index (χ0v) is 18.1. The van der Waals surface area contributed by atoms with Crippen LogP contribution in [0.3, 0.4) is 0 Å². The fourth-order valence-corrected chi connectivity index (χ4v) is 4.22. The largest absolute Gasteiger partial charge is 0.322 e. The summed E-state index contributed by atoms with van der Waals surface area (Å²) >= 11 is 0. The summed E-state index contributed by atoms with van der Waals surface area (Å²) in [5, 5.41) is 6.82. The van der Waals surface area contributed by atoms with Crippen molar-refractivity contribution in [2.75, 3.05) is 31.5 Å². The molecule has 1 fully saturated rings. The molecule has 3 aromatic rings. The van der Waals surface area contributed by atoms with Crippen molar-refractivity contribution in [1.29, 1.82) is 0 Å². The lowest BCUT2D eigenvalue weighted by Crippen LogP contribution is -2.51. The van der Waals surface area contributed by atoms with Crippen molar-refractivity contribution in [3.63, 3.8) is 0 Å². The number of carbonyl (C=O) groups is 1. The average molecular weight is 445 g/mol. The number of nitrogens with zero attached hydrogens (tertiary/aromatic N) is 5. The molecular weight excluding hydrogens is 419 g/mol. The van der Waals surface area contributed by atoms with E-state index in [1.54, 1.807) is 23.1 Å². The molecule has 8 heteroatoms. The van der Waals surface area contributed by atoms with E-state index in [-0.39, 0.29) is 17.8 Å². The molecule has 0 bridgehead atoms. The van der Waals surface area contributed by atoms with E-state index in [0.29, 0.717) is 26.2 Å². The first-order valence-electron chi connectivity index (χ1n) is 10.9. The number of para-hydroxylation sites is 1. The Morgan fingerprint density at radius 1 is 0.879 bits per heavy atom. The Labute approximate surface area is 192 Å². The minimum Gasteiger partial charge on any atom is -0.322 e. The number of piperazine rings is 1. The molecule has 33 heavy (non-hydrogen) atoms. The minimum absolute atomic E-state index is 0.166. The molecule has 1 aliphatic heterocycles. The monoisotopic (exact) mass is 444 g/mol. The van der Waals surface area contributed by atoms with Gasteiger partial charge in [0.05, 0.1) is 11.7 Å². The second-order valence-corrected chi connectivity index (χ2v) is 7.85. The predicted octanol–water partition coefficient (Wildman–Crippen LogP) is 5.77. The van der Waals surface area contributed by atoms with Gasteiger partial charge in [-0.2, -0.15) is 0 Å². The summed E-state index contributed by atoms with van der Waals surface area (Å²) in [5.41, 5.74) is 11.5. The number of azide groups is 1. The molecule has 0 spiro atoms. The highest BCUT2D eigenvalue weighted by Gasteiger charge is 2.33. The van der Waals surface area contributed by atoms with Crippen molar-refractivity contribution < 1.29 is 9.18 Å². The number of benzene rings is 3. The van der Waals surface area contributed by atoms with Crippen LogP contribution in [-0.4, -0.2) is 42.0 Å². The van der Waals surface area contributed by atoms with E-state index in [1.165, 1.54) is 6.07 Å². The molecule has 2 amide bonds. The minimum atomic E-state index is -0.464. The molecule has 0 aromatic heterocycles. The Kier molecular flexibility index (Phi) is 7.19. The van der Waals surface area contributed by atoms with E-state index in [9.17, 15) is 14.7 Å². The third-order valence-corrected chi connectivity index (χ3v) is 5.87. The smallest absolute Gasteiger partial charge is 0.322 e. The van der Waals surface area contributed by atoms with E-state index >= 15 is 0 Å². The van der Waals surface area contributed by atoms with Crippen LogP contribution in [-0.2, 0) is 0 Å². The summed E-state index contributed by atoms with van der Waals surface area (Å²) in [7, 11) is 0. The lowest BCUT2D eigenvalue weighted by molar-refractivity contribution is 0.100. The van der Waals surface area contributed by atoms with Gasteiger partial charge in [0.15, 0.2) is 0 Å². The van der Waals surface area contributed by atoms with Crippen molar-refractivity contribution in [3.05, 3.63) is 112 Å². The normalized spacial score (nSPS) is 15.8. The van der Waals surface area contributed by atoms with Gasteiger partial charge in [-0.25, -0.2) is 9.18 Å². The quantitative estimate of drug-likeness (QED) is 0.297. The summed E-state index contributed by atoms with van der Waals surface area (Å²) in [4.78, 5) is 19.7. The molecular formula is C25H25FN6O. The standard InChI is InChI=1S/C25H25FN6O/c26-21-13-7-8-14-22(21)28-25(33)32-17-15-31(16-18-32)24(20-11-5-2-6-12-20)23(29-30-27)19-9-3-1-4-10-19/h1-14,23-24H,15-18H2,(H,28,33)/t23-,24+/m0/s1. The van der Waals surface area contributed by atoms with E-state index in [1.807, 2.05) is 60.7 Å². The highest BCUT2D eigenvalue weighted by atomic mass is 19.1. The Morgan fingerprint density at radius 2 is 1.45 bits per heavy atom. The molecule has 3 aromatic carbocycles. The molecule has 0 aliphatic carbocycles. The molecule has 1 aliphatic rings. The van der Waals surface area contributed by atoms with Gasteiger partial charge in [-0.3, -0.25) is 4.90 Å². The third-order valence-electron chi connectivity index (χ3n) is 5.87. The Bertz CT molecular complexity index is 1110. The van der Waals surface area contributed by atoms with Crippen LogP contribution >= 0.6 is 0 Å². The first kappa shape index (κ1) is 22.3. The van der Waals surface area contributed by atoms with Gasteiger partial charge in [0.1, 0.15) is 5.82 Å². The highest BCUT2D eigenvalue weighted by Crippen LogP contribution is 2.37. The lowest BCUT2D eigenvalue weighted by Gasteiger charge is -2.41. The number of urea groups is 1.